The van der Waals surface area contributed by atoms with Crippen LogP contribution in [0, 0.1) is 5.82 Å². The number of nitrogens with zero attached hydrogens (tertiary/aromatic N) is 2. The van der Waals surface area contributed by atoms with Gasteiger partial charge in [-0.05, 0) is 12.1 Å². The molecule has 3 nitrogen and oxygen atoms in total. The van der Waals surface area contributed by atoms with Crippen LogP contribution in [0.15, 0.2) is 40.5 Å². The fourth-order valence-electron chi connectivity index (χ4n) is 1.23. The van der Waals surface area contributed by atoms with E-state index in [9.17, 15) is 9.50 Å². The van der Waals surface area contributed by atoms with Crippen molar-refractivity contribution in [1.82, 2.24) is 9.97 Å². The lowest BCUT2D eigenvalue weighted by Crippen LogP contribution is -1.95. The minimum atomic E-state index is -0.337. The van der Waals surface area contributed by atoms with Gasteiger partial charge in [-0.3, -0.25) is 0 Å². The third-order valence-electron chi connectivity index (χ3n) is 2.05. The molecule has 0 amide bonds. The van der Waals surface area contributed by atoms with Gasteiger partial charge in [-0.15, -0.1) is 0 Å². The van der Waals surface area contributed by atoms with Crippen LogP contribution in [0.3, 0.4) is 0 Å². The molecule has 0 saturated heterocycles. The minimum absolute atomic E-state index is 0.182. The van der Waals surface area contributed by atoms with Crippen molar-refractivity contribution in [3.8, 4) is 0 Å². The van der Waals surface area contributed by atoms with Crippen molar-refractivity contribution in [2.45, 2.75) is 16.5 Å². The Balaban J connectivity index is 2.37. The topological polar surface area (TPSA) is 46.0 Å². The number of halogens is 2. The van der Waals surface area contributed by atoms with Gasteiger partial charge >= 0.3 is 0 Å². The molecule has 1 N–H and O–H groups in total. The third kappa shape index (κ3) is 2.74. The number of aliphatic hydroxyl groups excluding tert-OH is 1. The molecule has 0 atom stereocenters. The Hall–Kier alpha value is -1.17. The molecule has 1 heterocycles. The van der Waals surface area contributed by atoms with Crippen molar-refractivity contribution in [2.75, 3.05) is 0 Å². The molecule has 0 bridgehead atoms. The maximum atomic E-state index is 13.5. The van der Waals surface area contributed by atoms with Gasteiger partial charge in [0.1, 0.15) is 22.3 Å². The first kappa shape index (κ1) is 12.3. The number of rotatable bonds is 3. The van der Waals surface area contributed by atoms with Crippen LogP contribution < -0.4 is 0 Å². The molecule has 17 heavy (non-hydrogen) atoms. The highest BCUT2D eigenvalue weighted by Crippen LogP contribution is 2.32. The van der Waals surface area contributed by atoms with E-state index in [-0.39, 0.29) is 17.6 Å². The zero-order valence-corrected chi connectivity index (χ0v) is 10.2. The predicted octanol–water partition coefficient (Wildman–Crippen LogP) is 2.91. The number of benzene rings is 1. The van der Waals surface area contributed by atoms with Gasteiger partial charge in [0, 0.05) is 10.5 Å². The SMILES string of the molecule is OCc1c(Cl)ncnc1Sc1ccccc1F. The summed E-state index contributed by atoms with van der Waals surface area (Å²) < 4.78 is 13.5. The fraction of sp³-hybridized carbons (Fsp3) is 0.0909. The van der Waals surface area contributed by atoms with Crippen molar-refractivity contribution in [3.05, 3.63) is 47.1 Å². The first-order chi connectivity index (χ1) is 8.22. The second-order valence-electron chi connectivity index (χ2n) is 3.14. The second-order valence-corrected chi connectivity index (χ2v) is 4.53. The highest BCUT2D eigenvalue weighted by Gasteiger charge is 2.12. The molecule has 2 aromatic rings. The molecule has 2 rings (SSSR count). The zero-order chi connectivity index (χ0) is 12.3. The van der Waals surface area contributed by atoms with Gasteiger partial charge in [-0.1, -0.05) is 35.5 Å². The van der Waals surface area contributed by atoms with Crippen LogP contribution in [-0.2, 0) is 6.61 Å². The van der Waals surface area contributed by atoms with E-state index >= 15 is 0 Å². The minimum Gasteiger partial charge on any atom is -0.391 e. The molecule has 0 aliphatic rings. The summed E-state index contributed by atoms with van der Waals surface area (Å²) in [5.41, 5.74) is 0.405. The molecule has 1 aromatic heterocycles. The van der Waals surface area contributed by atoms with Crippen molar-refractivity contribution in [3.63, 3.8) is 0 Å². The van der Waals surface area contributed by atoms with Gasteiger partial charge < -0.3 is 5.11 Å². The van der Waals surface area contributed by atoms with Crippen LogP contribution in [0.2, 0.25) is 5.15 Å². The van der Waals surface area contributed by atoms with Gasteiger partial charge in [-0.25, -0.2) is 14.4 Å². The molecule has 0 radical (unpaired) electrons. The summed E-state index contributed by atoms with van der Waals surface area (Å²) >= 11 is 6.93. The number of hydrogen-bond acceptors (Lipinski definition) is 4. The zero-order valence-electron chi connectivity index (χ0n) is 8.60. The van der Waals surface area contributed by atoms with Gasteiger partial charge in [-0.2, -0.15) is 0 Å². The summed E-state index contributed by atoms with van der Waals surface area (Å²) in [5, 5.41) is 9.81. The van der Waals surface area contributed by atoms with Crippen molar-refractivity contribution in [1.29, 1.82) is 0 Å². The third-order valence-corrected chi connectivity index (χ3v) is 3.48. The lowest BCUT2D eigenvalue weighted by atomic mass is 10.3. The monoisotopic (exact) mass is 270 g/mol. The smallest absolute Gasteiger partial charge is 0.139 e. The molecule has 0 fully saturated rings. The van der Waals surface area contributed by atoms with Crippen LogP contribution in [0.25, 0.3) is 0 Å². The van der Waals surface area contributed by atoms with E-state index in [1.807, 2.05) is 0 Å². The molecule has 1 aromatic carbocycles. The van der Waals surface area contributed by atoms with Gasteiger partial charge in [0.15, 0.2) is 0 Å². The number of hydrogen-bond donors (Lipinski definition) is 1. The lowest BCUT2D eigenvalue weighted by molar-refractivity contribution is 0.277. The summed E-state index contributed by atoms with van der Waals surface area (Å²) in [6, 6.07) is 6.34. The molecule has 0 aliphatic heterocycles. The van der Waals surface area contributed by atoms with Crippen LogP contribution in [-0.4, -0.2) is 15.1 Å². The summed E-state index contributed by atoms with van der Waals surface area (Å²) in [4.78, 5) is 8.18. The van der Waals surface area contributed by atoms with E-state index in [1.54, 1.807) is 18.2 Å². The Morgan fingerprint density at radius 3 is 2.76 bits per heavy atom. The van der Waals surface area contributed by atoms with Gasteiger partial charge in [0.2, 0.25) is 0 Å². The van der Waals surface area contributed by atoms with Crippen LogP contribution in [0.5, 0.6) is 0 Å². The summed E-state index contributed by atoms with van der Waals surface area (Å²) in [5.74, 6) is -0.337. The average molecular weight is 271 g/mol. The van der Waals surface area contributed by atoms with Gasteiger partial charge in [0.25, 0.3) is 0 Å². The number of aromatic nitrogens is 2. The van der Waals surface area contributed by atoms with E-state index in [0.717, 1.165) is 11.8 Å². The highest BCUT2D eigenvalue weighted by molar-refractivity contribution is 7.99. The first-order valence-electron chi connectivity index (χ1n) is 4.75. The van der Waals surface area contributed by atoms with E-state index in [0.29, 0.717) is 15.5 Å². The first-order valence-corrected chi connectivity index (χ1v) is 5.94. The summed E-state index contributed by atoms with van der Waals surface area (Å²) in [7, 11) is 0. The molecule has 0 spiro atoms. The Kier molecular flexibility index (Phi) is 3.93. The lowest BCUT2D eigenvalue weighted by Gasteiger charge is -2.07. The maximum absolute atomic E-state index is 13.5. The van der Waals surface area contributed by atoms with E-state index in [1.165, 1.54) is 12.4 Å². The van der Waals surface area contributed by atoms with Crippen molar-refractivity contribution in [2.24, 2.45) is 0 Å². The highest BCUT2D eigenvalue weighted by atomic mass is 35.5. The predicted molar refractivity (Wildman–Crippen MR) is 63.5 cm³/mol. The van der Waals surface area contributed by atoms with E-state index in [4.69, 9.17) is 11.6 Å². The van der Waals surface area contributed by atoms with E-state index in [2.05, 4.69) is 9.97 Å². The largest absolute Gasteiger partial charge is 0.391 e. The Morgan fingerprint density at radius 2 is 2.06 bits per heavy atom. The Labute approximate surface area is 107 Å². The average Bonchev–Trinajstić information content (AvgIpc) is 2.32. The molecule has 0 unspecified atom stereocenters. The maximum Gasteiger partial charge on any atom is 0.139 e. The molecule has 0 aliphatic carbocycles. The number of aliphatic hydroxyl groups is 1. The summed E-state index contributed by atoms with van der Waals surface area (Å²) in [6.07, 6.45) is 1.28. The van der Waals surface area contributed by atoms with Crippen LogP contribution >= 0.6 is 23.4 Å². The molecule has 0 saturated carbocycles. The van der Waals surface area contributed by atoms with Crippen molar-refractivity contribution >= 4 is 23.4 Å². The quantitative estimate of drug-likeness (QED) is 0.871. The molecule has 88 valence electrons. The molecular formula is C11H8ClFN2OS. The summed E-state index contributed by atoms with van der Waals surface area (Å²) in [6.45, 7) is -0.281. The van der Waals surface area contributed by atoms with Crippen molar-refractivity contribution < 1.29 is 9.50 Å². The molecule has 6 heteroatoms. The van der Waals surface area contributed by atoms with Gasteiger partial charge in [0.05, 0.1) is 6.61 Å². The fourth-order valence-corrected chi connectivity index (χ4v) is 2.38. The normalized spacial score (nSPS) is 10.5. The standard InChI is InChI=1S/C11H8ClFN2OS/c12-10-7(5-16)11(15-6-14-10)17-9-4-2-1-3-8(9)13/h1-4,6,16H,5H2. The van der Waals surface area contributed by atoms with Crippen LogP contribution in [0.4, 0.5) is 4.39 Å². The molecular weight excluding hydrogens is 263 g/mol. The second kappa shape index (κ2) is 5.44. The van der Waals surface area contributed by atoms with E-state index < -0.39 is 0 Å². The Bertz CT molecular complexity index is 539. The Morgan fingerprint density at radius 1 is 1.29 bits per heavy atom. The van der Waals surface area contributed by atoms with Crippen LogP contribution in [0.1, 0.15) is 5.56 Å².